The lowest BCUT2D eigenvalue weighted by Gasteiger charge is -2.24. The lowest BCUT2D eigenvalue weighted by Crippen LogP contribution is -2.39. The van der Waals surface area contributed by atoms with Gasteiger partial charge in [0.15, 0.2) is 0 Å². The molecule has 96 valence electrons. The summed E-state index contributed by atoms with van der Waals surface area (Å²) in [6.45, 7) is 5.82. The highest BCUT2D eigenvalue weighted by Crippen LogP contribution is 2.10. The predicted octanol–water partition coefficient (Wildman–Crippen LogP) is 0.406. The zero-order chi connectivity index (χ0) is 12.8. The van der Waals surface area contributed by atoms with E-state index in [2.05, 4.69) is 5.10 Å². The smallest absolute Gasteiger partial charge is 0.227 e. The van der Waals surface area contributed by atoms with Gasteiger partial charge in [-0.25, -0.2) is 0 Å². The first-order valence-corrected chi connectivity index (χ1v) is 6.08. The average molecular weight is 238 g/mol. The van der Waals surface area contributed by atoms with Gasteiger partial charge < -0.3 is 10.6 Å². The predicted molar refractivity (Wildman–Crippen MR) is 67.4 cm³/mol. The number of carbonyl (C=O) groups is 1. The van der Waals surface area contributed by atoms with E-state index in [1.807, 2.05) is 32.0 Å². The second-order valence-electron chi connectivity index (χ2n) is 4.17. The Balaban J connectivity index is 2.68. The van der Waals surface area contributed by atoms with E-state index in [0.29, 0.717) is 13.0 Å². The van der Waals surface area contributed by atoms with Gasteiger partial charge in [0.05, 0.1) is 12.1 Å². The van der Waals surface area contributed by atoms with Crippen LogP contribution in [0.1, 0.15) is 19.4 Å². The maximum atomic E-state index is 12.2. The lowest BCUT2D eigenvalue weighted by molar-refractivity contribution is -0.134. The molecule has 1 aromatic rings. The number of hydrogen-bond donors (Lipinski definition) is 1. The molecule has 5 heteroatoms. The molecule has 0 saturated heterocycles. The van der Waals surface area contributed by atoms with Crippen molar-refractivity contribution in [1.82, 2.24) is 14.7 Å². The molecule has 0 aliphatic carbocycles. The number of nitrogens with two attached hydrogens (primary N) is 1. The first-order valence-electron chi connectivity index (χ1n) is 6.08. The third kappa shape index (κ3) is 3.56. The summed E-state index contributed by atoms with van der Waals surface area (Å²) in [5.74, 6) is 0.000420. The van der Waals surface area contributed by atoms with Gasteiger partial charge in [-0.15, -0.1) is 0 Å². The van der Waals surface area contributed by atoms with Crippen molar-refractivity contribution in [3.8, 4) is 0 Å². The largest absolute Gasteiger partial charge is 0.343 e. The highest BCUT2D eigenvalue weighted by atomic mass is 16.2. The topological polar surface area (TPSA) is 64.2 Å². The van der Waals surface area contributed by atoms with Gasteiger partial charge in [0, 0.05) is 32.9 Å². The molecular weight excluding hydrogens is 216 g/mol. The quantitative estimate of drug-likeness (QED) is 0.780. The molecule has 1 unspecified atom stereocenters. The van der Waals surface area contributed by atoms with E-state index in [-0.39, 0.29) is 11.8 Å². The van der Waals surface area contributed by atoms with Gasteiger partial charge in [0.2, 0.25) is 5.91 Å². The highest BCUT2D eigenvalue weighted by Gasteiger charge is 2.21. The zero-order valence-corrected chi connectivity index (χ0v) is 10.9. The normalized spacial score (nSPS) is 12.5. The van der Waals surface area contributed by atoms with E-state index >= 15 is 0 Å². The number of hydrogen-bond acceptors (Lipinski definition) is 3. The van der Waals surface area contributed by atoms with Crippen LogP contribution in [0.25, 0.3) is 0 Å². The molecule has 1 atom stereocenters. The first-order chi connectivity index (χ1) is 8.12. The lowest BCUT2D eigenvalue weighted by atomic mass is 10.00. The second-order valence-corrected chi connectivity index (χ2v) is 4.17. The number of nitrogens with zero attached hydrogens (tertiary/aromatic N) is 3. The van der Waals surface area contributed by atoms with Crippen LogP contribution in [0, 0.1) is 5.92 Å². The minimum atomic E-state index is -0.140. The Morgan fingerprint density at radius 2 is 2.18 bits per heavy atom. The van der Waals surface area contributed by atoms with Crippen molar-refractivity contribution < 1.29 is 4.79 Å². The minimum Gasteiger partial charge on any atom is -0.343 e. The number of aromatic nitrogens is 2. The maximum absolute atomic E-state index is 12.2. The molecule has 1 rings (SSSR count). The molecule has 1 heterocycles. The van der Waals surface area contributed by atoms with Crippen molar-refractivity contribution in [2.75, 3.05) is 19.6 Å². The number of aryl methyl sites for hydroxylation is 1. The summed E-state index contributed by atoms with van der Waals surface area (Å²) < 4.78 is 1.74. The van der Waals surface area contributed by atoms with E-state index in [0.717, 1.165) is 18.7 Å². The van der Waals surface area contributed by atoms with Crippen LogP contribution in [0.5, 0.6) is 0 Å². The van der Waals surface area contributed by atoms with Crippen LogP contribution in [0.4, 0.5) is 0 Å². The van der Waals surface area contributed by atoms with E-state index in [4.69, 9.17) is 5.73 Å². The molecule has 1 aromatic heterocycles. The van der Waals surface area contributed by atoms with Gasteiger partial charge in [-0.1, -0.05) is 0 Å². The molecule has 0 aliphatic rings. The van der Waals surface area contributed by atoms with E-state index < -0.39 is 0 Å². The van der Waals surface area contributed by atoms with Crippen LogP contribution in [-0.2, 0) is 18.3 Å². The third-order valence-electron chi connectivity index (χ3n) is 2.95. The molecule has 1 amide bonds. The summed E-state index contributed by atoms with van der Waals surface area (Å²) in [5.41, 5.74) is 6.76. The summed E-state index contributed by atoms with van der Waals surface area (Å²) in [5, 5.41) is 4.10. The van der Waals surface area contributed by atoms with Gasteiger partial charge in [-0.2, -0.15) is 5.10 Å². The Kier molecular flexibility index (Phi) is 5.15. The summed E-state index contributed by atoms with van der Waals surface area (Å²) >= 11 is 0. The monoisotopic (exact) mass is 238 g/mol. The molecule has 0 aromatic carbocycles. The van der Waals surface area contributed by atoms with Gasteiger partial charge in [-0.3, -0.25) is 9.48 Å². The van der Waals surface area contributed by atoms with Crippen LogP contribution in [0.3, 0.4) is 0 Å². The average Bonchev–Trinajstić information content (AvgIpc) is 2.73. The highest BCUT2D eigenvalue weighted by molar-refractivity contribution is 5.79. The summed E-state index contributed by atoms with van der Waals surface area (Å²) in [4.78, 5) is 14.0. The molecular formula is C12H22N4O. The van der Waals surface area contributed by atoms with Crippen LogP contribution < -0.4 is 5.73 Å². The van der Waals surface area contributed by atoms with Crippen molar-refractivity contribution in [3.63, 3.8) is 0 Å². The first kappa shape index (κ1) is 13.7. The Morgan fingerprint density at radius 3 is 2.59 bits per heavy atom. The fourth-order valence-electron chi connectivity index (χ4n) is 1.93. The van der Waals surface area contributed by atoms with Gasteiger partial charge >= 0.3 is 0 Å². The Hall–Kier alpha value is -1.36. The van der Waals surface area contributed by atoms with Crippen LogP contribution >= 0.6 is 0 Å². The van der Waals surface area contributed by atoms with Gasteiger partial charge in [-0.05, 0) is 25.8 Å². The number of carbonyl (C=O) groups excluding carboxylic acids is 1. The summed E-state index contributed by atoms with van der Waals surface area (Å²) in [6, 6.07) is 0. The summed E-state index contributed by atoms with van der Waals surface area (Å²) in [7, 11) is 1.87. The van der Waals surface area contributed by atoms with E-state index in [1.165, 1.54) is 0 Å². The SMILES string of the molecule is CCN(CC)C(=O)C(CN)Cc1cnn(C)c1. The van der Waals surface area contributed by atoms with Crippen molar-refractivity contribution in [2.24, 2.45) is 18.7 Å². The van der Waals surface area contributed by atoms with Crippen LogP contribution in [0.2, 0.25) is 0 Å². The van der Waals surface area contributed by atoms with Crippen molar-refractivity contribution in [2.45, 2.75) is 20.3 Å². The molecule has 0 aliphatic heterocycles. The van der Waals surface area contributed by atoms with Crippen molar-refractivity contribution in [1.29, 1.82) is 0 Å². The van der Waals surface area contributed by atoms with Crippen LogP contribution in [0.15, 0.2) is 12.4 Å². The molecule has 17 heavy (non-hydrogen) atoms. The second kappa shape index (κ2) is 6.39. The fourth-order valence-corrected chi connectivity index (χ4v) is 1.93. The Bertz CT molecular complexity index is 357. The van der Waals surface area contributed by atoms with Gasteiger partial charge in [0.25, 0.3) is 0 Å². The Morgan fingerprint density at radius 1 is 1.53 bits per heavy atom. The standard InChI is InChI=1S/C12H22N4O/c1-4-16(5-2)12(17)11(7-13)6-10-8-14-15(3)9-10/h8-9,11H,4-7,13H2,1-3H3. The van der Waals surface area contributed by atoms with E-state index in [9.17, 15) is 4.79 Å². The third-order valence-corrected chi connectivity index (χ3v) is 2.95. The van der Waals surface area contributed by atoms with Crippen molar-refractivity contribution in [3.05, 3.63) is 18.0 Å². The van der Waals surface area contributed by atoms with Gasteiger partial charge in [0.1, 0.15) is 0 Å². The Labute approximate surface area is 103 Å². The summed E-state index contributed by atoms with van der Waals surface area (Å²) in [6.07, 6.45) is 4.38. The molecule has 0 saturated carbocycles. The molecule has 0 spiro atoms. The molecule has 2 N–H and O–H groups in total. The molecule has 0 fully saturated rings. The molecule has 5 nitrogen and oxygen atoms in total. The number of amides is 1. The van der Waals surface area contributed by atoms with Crippen molar-refractivity contribution >= 4 is 5.91 Å². The van der Waals surface area contributed by atoms with Crippen LogP contribution in [-0.4, -0.2) is 40.2 Å². The molecule has 0 bridgehead atoms. The minimum absolute atomic E-state index is 0.140. The van der Waals surface area contributed by atoms with E-state index in [1.54, 1.807) is 10.9 Å². The fraction of sp³-hybridized carbons (Fsp3) is 0.667. The maximum Gasteiger partial charge on any atom is 0.227 e. The molecule has 0 radical (unpaired) electrons. The zero-order valence-electron chi connectivity index (χ0n) is 10.9. The number of rotatable bonds is 6.